The standard InChI is InChI=1S/C17H27N3O3/c1-12(2)19-17(22)18-10-11-20(14(5)21)15-8-6-7-9-16(15)23-13(3)4/h6-9,12-13H,10-11H2,1-5H3,(H2,18,19,22). The third-order valence-electron chi connectivity index (χ3n) is 2.94. The third kappa shape index (κ3) is 6.59. The number of benzene rings is 1. The summed E-state index contributed by atoms with van der Waals surface area (Å²) in [6.45, 7) is 9.88. The Morgan fingerprint density at radius 3 is 2.39 bits per heavy atom. The molecule has 6 heteroatoms. The van der Waals surface area contributed by atoms with Crippen LogP contribution in [-0.4, -0.2) is 37.2 Å². The summed E-state index contributed by atoms with van der Waals surface area (Å²) in [4.78, 5) is 25.2. The van der Waals surface area contributed by atoms with Gasteiger partial charge in [0.1, 0.15) is 5.75 Å². The zero-order valence-corrected chi connectivity index (χ0v) is 14.6. The second-order valence-electron chi connectivity index (χ2n) is 5.86. The van der Waals surface area contributed by atoms with Crippen molar-refractivity contribution in [2.24, 2.45) is 0 Å². The van der Waals surface area contributed by atoms with Gasteiger partial charge in [-0.1, -0.05) is 12.1 Å². The number of ether oxygens (including phenoxy) is 1. The number of carbonyl (C=O) groups is 2. The van der Waals surface area contributed by atoms with Crippen LogP contribution >= 0.6 is 0 Å². The maximum absolute atomic E-state index is 12.0. The summed E-state index contributed by atoms with van der Waals surface area (Å²) in [5.74, 6) is 0.556. The third-order valence-corrected chi connectivity index (χ3v) is 2.94. The number of hydrogen-bond acceptors (Lipinski definition) is 3. The molecule has 0 saturated heterocycles. The number of amides is 3. The van der Waals surface area contributed by atoms with Gasteiger partial charge in [-0.15, -0.1) is 0 Å². The van der Waals surface area contributed by atoms with E-state index in [-0.39, 0.29) is 24.1 Å². The summed E-state index contributed by atoms with van der Waals surface area (Å²) in [7, 11) is 0. The molecule has 23 heavy (non-hydrogen) atoms. The molecule has 1 aromatic carbocycles. The van der Waals surface area contributed by atoms with Crippen molar-refractivity contribution >= 4 is 17.6 Å². The minimum Gasteiger partial charge on any atom is -0.489 e. The average Bonchev–Trinajstić information content (AvgIpc) is 2.43. The first kappa shape index (κ1) is 18.8. The van der Waals surface area contributed by atoms with E-state index < -0.39 is 0 Å². The van der Waals surface area contributed by atoms with E-state index in [2.05, 4.69) is 10.6 Å². The van der Waals surface area contributed by atoms with Gasteiger partial charge in [0.2, 0.25) is 5.91 Å². The molecule has 3 amide bonds. The monoisotopic (exact) mass is 321 g/mol. The minimum atomic E-state index is -0.241. The normalized spacial score (nSPS) is 10.6. The molecule has 6 nitrogen and oxygen atoms in total. The lowest BCUT2D eigenvalue weighted by Crippen LogP contribution is -2.43. The van der Waals surface area contributed by atoms with E-state index in [1.807, 2.05) is 52.0 Å². The second kappa shape index (κ2) is 9.02. The minimum absolute atomic E-state index is 0.0138. The van der Waals surface area contributed by atoms with Crippen LogP contribution in [-0.2, 0) is 4.79 Å². The molecule has 0 heterocycles. The first-order valence-electron chi connectivity index (χ1n) is 7.89. The number of rotatable bonds is 7. The van der Waals surface area contributed by atoms with Crippen molar-refractivity contribution < 1.29 is 14.3 Å². The van der Waals surface area contributed by atoms with Crippen LogP contribution in [0, 0.1) is 0 Å². The van der Waals surface area contributed by atoms with E-state index in [9.17, 15) is 9.59 Å². The van der Waals surface area contributed by atoms with Crippen LogP contribution in [0.2, 0.25) is 0 Å². The van der Waals surface area contributed by atoms with E-state index >= 15 is 0 Å². The van der Waals surface area contributed by atoms with Gasteiger partial charge in [-0.25, -0.2) is 4.79 Å². The molecule has 0 atom stereocenters. The Morgan fingerprint density at radius 2 is 1.83 bits per heavy atom. The number of nitrogens with one attached hydrogen (secondary N) is 2. The topological polar surface area (TPSA) is 70.7 Å². The van der Waals surface area contributed by atoms with Crippen molar-refractivity contribution in [3.05, 3.63) is 24.3 Å². The molecule has 0 radical (unpaired) electrons. The van der Waals surface area contributed by atoms with Gasteiger partial charge in [-0.2, -0.15) is 0 Å². The molecular weight excluding hydrogens is 294 g/mol. The van der Waals surface area contributed by atoms with Gasteiger partial charge >= 0.3 is 6.03 Å². The largest absolute Gasteiger partial charge is 0.489 e. The zero-order valence-electron chi connectivity index (χ0n) is 14.6. The predicted molar refractivity (Wildman–Crippen MR) is 91.9 cm³/mol. The maximum atomic E-state index is 12.0. The molecule has 0 aliphatic rings. The molecule has 1 aromatic rings. The van der Waals surface area contributed by atoms with Crippen molar-refractivity contribution in [1.82, 2.24) is 10.6 Å². The van der Waals surface area contributed by atoms with Crippen LogP contribution < -0.4 is 20.3 Å². The predicted octanol–water partition coefficient (Wildman–Crippen LogP) is 2.53. The maximum Gasteiger partial charge on any atom is 0.315 e. The molecule has 1 rings (SSSR count). The van der Waals surface area contributed by atoms with E-state index in [1.54, 1.807) is 4.90 Å². The number of nitrogens with zero attached hydrogens (tertiary/aromatic N) is 1. The molecule has 128 valence electrons. The van der Waals surface area contributed by atoms with E-state index in [0.29, 0.717) is 24.5 Å². The Kier molecular flexibility index (Phi) is 7.38. The summed E-state index contributed by atoms with van der Waals surface area (Å²) >= 11 is 0. The van der Waals surface area contributed by atoms with Crippen molar-refractivity contribution in [3.8, 4) is 5.75 Å². The fourth-order valence-corrected chi connectivity index (χ4v) is 2.08. The average molecular weight is 321 g/mol. The SMILES string of the molecule is CC(=O)N(CCNC(=O)NC(C)C)c1ccccc1OC(C)C. The molecule has 2 N–H and O–H groups in total. The van der Waals surface area contributed by atoms with Gasteiger partial charge in [0.25, 0.3) is 0 Å². The fourth-order valence-electron chi connectivity index (χ4n) is 2.08. The highest BCUT2D eigenvalue weighted by molar-refractivity contribution is 5.93. The lowest BCUT2D eigenvalue weighted by molar-refractivity contribution is -0.116. The number of hydrogen-bond donors (Lipinski definition) is 2. The Balaban J connectivity index is 2.76. The van der Waals surface area contributed by atoms with Crippen molar-refractivity contribution in [3.63, 3.8) is 0 Å². The van der Waals surface area contributed by atoms with Gasteiger partial charge in [-0.05, 0) is 39.8 Å². The first-order valence-corrected chi connectivity index (χ1v) is 7.89. The lowest BCUT2D eigenvalue weighted by atomic mass is 10.2. The molecular formula is C17H27N3O3. The number of urea groups is 1. The summed E-state index contributed by atoms with van der Waals surface area (Å²) in [6, 6.07) is 7.23. The molecule has 0 spiro atoms. The lowest BCUT2D eigenvalue weighted by Gasteiger charge is -2.25. The summed E-state index contributed by atoms with van der Waals surface area (Å²) < 4.78 is 5.76. The van der Waals surface area contributed by atoms with Crippen molar-refractivity contribution in [1.29, 1.82) is 0 Å². The number of carbonyl (C=O) groups excluding carboxylic acids is 2. The Morgan fingerprint density at radius 1 is 1.17 bits per heavy atom. The van der Waals surface area contributed by atoms with Crippen LogP contribution in [0.1, 0.15) is 34.6 Å². The molecule has 0 aliphatic carbocycles. The zero-order chi connectivity index (χ0) is 17.4. The molecule has 0 unspecified atom stereocenters. The van der Waals surface area contributed by atoms with Gasteiger partial charge in [0.15, 0.2) is 0 Å². The van der Waals surface area contributed by atoms with Crippen molar-refractivity contribution in [2.45, 2.75) is 46.8 Å². The Bertz CT molecular complexity index is 530. The van der Waals surface area contributed by atoms with Gasteiger partial charge in [-0.3, -0.25) is 4.79 Å². The van der Waals surface area contributed by atoms with E-state index in [4.69, 9.17) is 4.74 Å². The van der Waals surface area contributed by atoms with Gasteiger partial charge < -0.3 is 20.3 Å². The Labute approximate surface area is 138 Å². The quantitative estimate of drug-likeness (QED) is 0.811. The number of para-hydroxylation sites is 2. The number of anilines is 1. The first-order chi connectivity index (χ1) is 10.8. The smallest absolute Gasteiger partial charge is 0.315 e. The van der Waals surface area contributed by atoms with Crippen LogP contribution in [0.15, 0.2) is 24.3 Å². The van der Waals surface area contributed by atoms with E-state index in [0.717, 1.165) is 0 Å². The van der Waals surface area contributed by atoms with Crippen LogP contribution in [0.4, 0.5) is 10.5 Å². The second-order valence-corrected chi connectivity index (χ2v) is 5.86. The molecule has 0 fully saturated rings. The molecule has 0 bridgehead atoms. The van der Waals surface area contributed by atoms with E-state index in [1.165, 1.54) is 6.92 Å². The summed E-state index contributed by atoms with van der Waals surface area (Å²) in [5, 5.41) is 5.49. The highest BCUT2D eigenvalue weighted by atomic mass is 16.5. The highest BCUT2D eigenvalue weighted by Gasteiger charge is 2.16. The molecule has 0 aromatic heterocycles. The van der Waals surface area contributed by atoms with Crippen LogP contribution in [0.5, 0.6) is 5.75 Å². The van der Waals surface area contributed by atoms with Crippen LogP contribution in [0.3, 0.4) is 0 Å². The highest BCUT2D eigenvalue weighted by Crippen LogP contribution is 2.28. The van der Waals surface area contributed by atoms with Crippen molar-refractivity contribution in [2.75, 3.05) is 18.0 Å². The molecule has 0 aliphatic heterocycles. The summed E-state index contributed by atoms with van der Waals surface area (Å²) in [6.07, 6.45) is 0.0138. The Hall–Kier alpha value is -2.24. The fraction of sp³-hybridized carbons (Fsp3) is 0.529. The molecule has 0 saturated carbocycles. The van der Waals surface area contributed by atoms with Crippen LogP contribution in [0.25, 0.3) is 0 Å². The van der Waals surface area contributed by atoms with Gasteiger partial charge in [0, 0.05) is 26.1 Å². The van der Waals surface area contributed by atoms with Gasteiger partial charge in [0.05, 0.1) is 11.8 Å². The summed E-state index contributed by atoms with van der Waals surface area (Å²) in [5.41, 5.74) is 0.708.